The zero-order chi connectivity index (χ0) is 24.4. The fraction of sp³-hybridized carbons (Fsp3) is 0.241. The Balaban J connectivity index is 1.80. The molecule has 0 spiro atoms. The normalized spacial score (nSPS) is 13.8. The number of carbonyl (C=O) groups is 2. The van der Waals surface area contributed by atoms with E-state index in [1.807, 2.05) is 93.7 Å². The van der Waals surface area contributed by atoms with Gasteiger partial charge in [0.15, 0.2) is 0 Å². The predicted octanol–water partition coefficient (Wildman–Crippen LogP) is 5.76. The zero-order valence-corrected chi connectivity index (χ0v) is 20.3. The van der Waals surface area contributed by atoms with Gasteiger partial charge in [0.25, 0.3) is 11.8 Å². The second-order valence-electron chi connectivity index (χ2n) is 9.14. The summed E-state index contributed by atoms with van der Waals surface area (Å²) in [5.74, 6) is 0.480. The molecule has 174 valence electrons. The molecule has 1 heterocycles. The van der Waals surface area contributed by atoms with Gasteiger partial charge in [-0.2, -0.15) is 0 Å². The topological polar surface area (TPSA) is 49.9 Å². The summed E-state index contributed by atoms with van der Waals surface area (Å²) in [5, 5.41) is 0. The summed E-state index contributed by atoms with van der Waals surface area (Å²) in [6.07, 6.45) is 0. The van der Waals surface area contributed by atoms with Crippen LogP contribution in [0.1, 0.15) is 30.5 Å². The number of amides is 2. The van der Waals surface area contributed by atoms with E-state index in [4.69, 9.17) is 4.74 Å². The average Bonchev–Trinajstić information content (AvgIpc) is 3.07. The van der Waals surface area contributed by atoms with E-state index in [0.29, 0.717) is 35.0 Å². The van der Waals surface area contributed by atoms with Gasteiger partial charge in [-0.25, -0.2) is 4.90 Å². The fourth-order valence-electron chi connectivity index (χ4n) is 4.17. The summed E-state index contributed by atoms with van der Waals surface area (Å²) < 4.78 is 5.80. The third-order valence-electron chi connectivity index (χ3n) is 5.73. The van der Waals surface area contributed by atoms with E-state index in [1.165, 1.54) is 4.90 Å². The van der Waals surface area contributed by atoms with E-state index in [0.717, 1.165) is 22.6 Å². The number of imide groups is 1. The van der Waals surface area contributed by atoms with E-state index in [-0.39, 0.29) is 11.8 Å². The molecule has 0 bridgehead atoms. The average molecular weight is 455 g/mol. The molecule has 0 radical (unpaired) electrons. The Hall–Kier alpha value is -3.86. The first-order valence-corrected chi connectivity index (χ1v) is 11.5. The number of nitrogens with zero attached hydrogens (tertiary/aromatic N) is 2. The molecule has 0 fully saturated rings. The number of anilines is 2. The lowest BCUT2D eigenvalue weighted by Crippen LogP contribution is -2.34. The highest BCUT2D eigenvalue weighted by molar-refractivity contribution is 6.46. The van der Waals surface area contributed by atoms with Crippen molar-refractivity contribution in [3.8, 4) is 5.75 Å². The summed E-state index contributed by atoms with van der Waals surface area (Å²) in [4.78, 5) is 30.6. The van der Waals surface area contributed by atoms with Crippen LogP contribution in [0.25, 0.3) is 5.57 Å². The first-order chi connectivity index (χ1) is 16.3. The third kappa shape index (κ3) is 4.60. The molecule has 0 aliphatic carbocycles. The predicted molar refractivity (Wildman–Crippen MR) is 137 cm³/mol. The van der Waals surface area contributed by atoms with Gasteiger partial charge < -0.3 is 9.64 Å². The largest absolute Gasteiger partial charge is 0.493 e. The van der Waals surface area contributed by atoms with Crippen molar-refractivity contribution in [2.24, 2.45) is 5.92 Å². The summed E-state index contributed by atoms with van der Waals surface area (Å²) in [7, 11) is 1.82. The minimum Gasteiger partial charge on any atom is -0.493 e. The van der Waals surface area contributed by atoms with Crippen molar-refractivity contribution in [1.82, 2.24) is 0 Å². The van der Waals surface area contributed by atoms with Crippen LogP contribution in [-0.2, 0) is 9.59 Å². The first kappa shape index (κ1) is 23.3. The van der Waals surface area contributed by atoms with Crippen LogP contribution in [0.15, 0.2) is 78.5 Å². The molecule has 2 amide bonds. The molecule has 0 saturated carbocycles. The van der Waals surface area contributed by atoms with Crippen LogP contribution in [-0.4, -0.2) is 25.5 Å². The van der Waals surface area contributed by atoms with Gasteiger partial charge in [0, 0.05) is 12.7 Å². The summed E-state index contributed by atoms with van der Waals surface area (Å²) in [6, 6.07) is 22.7. The van der Waals surface area contributed by atoms with Crippen molar-refractivity contribution in [3.63, 3.8) is 0 Å². The molecule has 5 heteroatoms. The minimum atomic E-state index is -0.337. The molecule has 1 aliphatic heterocycles. The third-order valence-corrected chi connectivity index (χ3v) is 5.73. The standard InChI is InChI=1S/C29H30N2O3/c1-19(2)18-34-25-13-11-22(12-14-25)26-27(30(5)23-9-7-6-8-10-23)29(33)31(28(26)32)24-16-20(3)15-21(4)17-24/h6-17,19H,18H2,1-5H3. The highest BCUT2D eigenvalue weighted by Gasteiger charge is 2.42. The van der Waals surface area contributed by atoms with E-state index in [9.17, 15) is 9.59 Å². The van der Waals surface area contributed by atoms with Crippen molar-refractivity contribution in [2.75, 3.05) is 23.5 Å². The number of hydrogen-bond acceptors (Lipinski definition) is 4. The molecule has 4 rings (SSSR count). The van der Waals surface area contributed by atoms with Gasteiger partial charge in [-0.05, 0) is 72.9 Å². The molecule has 3 aromatic carbocycles. The molecular formula is C29H30N2O3. The molecular weight excluding hydrogens is 424 g/mol. The van der Waals surface area contributed by atoms with Crippen LogP contribution in [0.4, 0.5) is 11.4 Å². The molecule has 34 heavy (non-hydrogen) atoms. The number of rotatable bonds is 7. The Morgan fingerprint density at radius 2 is 1.47 bits per heavy atom. The Morgan fingerprint density at radius 3 is 2.06 bits per heavy atom. The Bertz CT molecular complexity index is 1220. The van der Waals surface area contributed by atoms with Crippen LogP contribution in [0.2, 0.25) is 0 Å². The molecule has 0 saturated heterocycles. The van der Waals surface area contributed by atoms with Crippen LogP contribution in [0.3, 0.4) is 0 Å². The monoisotopic (exact) mass is 454 g/mol. The maximum absolute atomic E-state index is 13.8. The SMILES string of the molecule is Cc1cc(C)cc(N2C(=O)C(c3ccc(OCC(C)C)cc3)=C(N(C)c3ccccc3)C2=O)c1. The van der Waals surface area contributed by atoms with Gasteiger partial charge in [-0.1, -0.05) is 50.2 Å². The van der Waals surface area contributed by atoms with Crippen molar-refractivity contribution >= 4 is 28.8 Å². The van der Waals surface area contributed by atoms with Crippen molar-refractivity contribution in [3.05, 3.63) is 95.2 Å². The first-order valence-electron chi connectivity index (χ1n) is 11.5. The van der Waals surface area contributed by atoms with Gasteiger partial charge in [0.05, 0.1) is 17.9 Å². The lowest BCUT2D eigenvalue weighted by Gasteiger charge is -2.22. The number of aryl methyl sites for hydroxylation is 2. The maximum Gasteiger partial charge on any atom is 0.282 e. The smallest absolute Gasteiger partial charge is 0.282 e. The number of likely N-dealkylation sites (N-methyl/N-ethyl adjacent to an activating group) is 1. The zero-order valence-electron chi connectivity index (χ0n) is 20.3. The Labute approximate surface area is 201 Å². The molecule has 0 N–H and O–H groups in total. The van der Waals surface area contributed by atoms with Gasteiger partial charge in [0.1, 0.15) is 11.4 Å². The quantitative estimate of drug-likeness (QED) is 0.426. The van der Waals surface area contributed by atoms with E-state index >= 15 is 0 Å². The minimum absolute atomic E-state index is 0.330. The number of benzene rings is 3. The van der Waals surface area contributed by atoms with E-state index in [2.05, 4.69) is 13.8 Å². The second-order valence-corrected chi connectivity index (χ2v) is 9.14. The van der Waals surface area contributed by atoms with Gasteiger partial charge >= 0.3 is 0 Å². The Kier molecular flexibility index (Phi) is 6.55. The summed E-state index contributed by atoms with van der Waals surface area (Å²) in [5.41, 5.74) is 4.81. The molecule has 0 unspecified atom stereocenters. The van der Waals surface area contributed by atoms with Crippen molar-refractivity contribution in [1.29, 1.82) is 0 Å². The van der Waals surface area contributed by atoms with Crippen LogP contribution in [0.5, 0.6) is 5.75 Å². The van der Waals surface area contributed by atoms with Gasteiger partial charge in [-0.3, -0.25) is 9.59 Å². The summed E-state index contributed by atoms with van der Waals surface area (Å²) in [6.45, 7) is 8.72. The molecule has 0 aromatic heterocycles. The number of carbonyl (C=O) groups excluding carboxylic acids is 2. The lowest BCUT2D eigenvalue weighted by atomic mass is 10.0. The van der Waals surface area contributed by atoms with Crippen LogP contribution < -0.4 is 14.5 Å². The molecule has 3 aromatic rings. The highest BCUT2D eigenvalue weighted by atomic mass is 16.5. The number of ether oxygens (including phenoxy) is 1. The number of para-hydroxylation sites is 1. The van der Waals surface area contributed by atoms with Crippen molar-refractivity contribution < 1.29 is 14.3 Å². The highest BCUT2D eigenvalue weighted by Crippen LogP contribution is 2.37. The maximum atomic E-state index is 13.8. The molecule has 5 nitrogen and oxygen atoms in total. The van der Waals surface area contributed by atoms with E-state index in [1.54, 1.807) is 4.90 Å². The van der Waals surface area contributed by atoms with Crippen LogP contribution >= 0.6 is 0 Å². The second kappa shape index (κ2) is 9.56. The van der Waals surface area contributed by atoms with Crippen molar-refractivity contribution in [2.45, 2.75) is 27.7 Å². The molecule has 1 aliphatic rings. The Morgan fingerprint density at radius 1 is 0.853 bits per heavy atom. The van der Waals surface area contributed by atoms with Gasteiger partial charge in [-0.15, -0.1) is 0 Å². The lowest BCUT2D eigenvalue weighted by molar-refractivity contribution is -0.120. The summed E-state index contributed by atoms with van der Waals surface area (Å²) >= 11 is 0. The van der Waals surface area contributed by atoms with Crippen LogP contribution in [0, 0.1) is 19.8 Å². The van der Waals surface area contributed by atoms with E-state index < -0.39 is 0 Å². The molecule has 0 atom stereocenters. The van der Waals surface area contributed by atoms with Gasteiger partial charge in [0.2, 0.25) is 0 Å². The fourth-order valence-corrected chi connectivity index (χ4v) is 4.17. The number of hydrogen-bond donors (Lipinski definition) is 0.